The van der Waals surface area contributed by atoms with Gasteiger partial charge in [0.25, 0.3) is 5.56 Å². The van der Waals surface area contributed by atoms with E-state index in [0.717, 1.165) is 90.9 Å². The maximum absolute atomic E-state index is 14.1. The van der Waals surface area contributed by atoms with Gasteiger partial charge in [-0.2, -0.15) is 0 Å². The van der Waals surface area contributed by atoms with Gasteiger partial charge >= 0.3 is 0 Å². The summed E-state index contributed by atoms with van der Waals surface area (Å²) in [4.78, 5) is 37.3. The summed E-state index contributed by atoms with van der Waals surface area (Å²) < 4.78 is 1.98. The molecule has 3 atom stereocenters. The highest BCUT2D eigenvalue weighted by Gasteiger charge is 2.45. The third kappa shape index (κ3) is 4.71. The number of rotatable bonds is 5. The number of amides is 1. The molecule has 4 aliphatic rings. The molecule has 0 bridgehead atoms. The van der Waals surface area contributed by atoms with Gasteiger partial charge in [-0.15, -0.1) is 0 Å². The lowest BCUT2D eigenvalue weighted by Crippen LogP contribution is -2.34. The van der Waals surface area contributed by atoms with E-state index in [9.17, 15) is 9.59 Å². The Bertz CT molecular complexity index is 1690. The lowest BCUT2D eigenvalue weighted by molar-refractivity contribution is -0.131. The number of nitrogens with zero attached hydrogens (tertiary/aromatic N) is 3. The molecule has 1 amide bonds. The van der Waals surface area contributed by atoms with Crippen LogP contribution in [0.1, 0.15) is 68.7 Å². The third-order valence-electron chi connectivity index (χ3n) is 9.65. The van der Waals surface area contributed by atoms with E-state index in [-0.39, 0.29) is 17.4 Å². The van der Waals surface area contributed by atoms with E-state index in [1.807, 2.05) is 29.5 Å². The number of hydrogen-bond donors (Lipinski definition) is 1. The van der Waals surface area contributed by atoms with Crippen molar-refractivity contribution in [3.63, 3.8) is 0 Å². The van der Waals surface area contributed by atoms with E-state index in [1.54, 1.807) is 0 Å². The quantitative estimate of drug-likeness (QED) is 0.302. The number of hydrogen-bond acceptors (Lipinski definition) is 3. The molecule has 1 N–H and O–H groups in total. The molecule has 4 aromatic rings. The van der Waals surface area contributed by atoms with Crippen molar-refractivity contribution >= 4 is 16.8 Å². The average molecular weight is 549 g/mol. The second-order valence-electron chi connectivity index (χ2n) is 12.4. The molecule has 2 saturated carbocycles. The standard InChI is InChI=1S/C33H34N4O2.C2H6/c1-19-14-22(23-5-8-28-25(15-23)10-12-34-28)4-7-26(19)31-35-29-9-6-24-16-27(24)30(29)33(39)37(31)18-20-11-13-36(17-20)32(38)21-2-3-21;1-2/h4-5,7-8,10,12,14-15,20-21,24,27,34H,2-3,6,9,11,13,16-18H2,1H3;1-2H3/t20-,24?,27?;/m1./s1. The molecule has 1 aliphatic heterocycles. The smallest absolute Gasteiger partial charge is 0.257 e. The van der Waals surface area contributed by atoms with E-state index in [2.05, 4.69) is 54.4 Å². The van der Waals surface area contributed by atoms with Gasteiger partial charge < -0.3 is 9.88 Å². The Balaban J connectivity index is 0.00000135. The molecule has 6 heteroatoms. The predicted molar refractivity (Wildman–Crippen MR) is 164 cm³/mol. The van der Waals surface area contributed by atoms with E-state index < -0.39 is 0 Å². The van der Waals surface area contributed by atoms with Crippen LogP contribution >= 0.6 is 0 Å². The van der Waals surface area contributed by atoms with E-state index in [1.165, 1.54) is 10.9 Å². The number of aromatic nitrogens is 3. The maximum atomic E-state index is 14.1. The molecular formula is C35H40N4O2. The SMILES string of the molecule is CC.Cc1cc(-c2ccc3[nH]ccc3c2)ccc1-c1nc2c(c(=O)n1C[C@@H]1CCN(C(=O)C3CC3)C1)C1CC1CC2. The zero-order valence-corrected chi connectivity index (χ0v) is 24.5. The highest BCUT2D eigenvalue weighted by molar-refractivity contribution is 5.85. The highest BCUT2D eigenvalue weighted by atomic mass is 16.2. The van der Waals surface area contributed by atoms with E-state index in [4.69, 9.17) is 4.98 Å². The van der Waals surface area contributed by atoms with Crippen LogP contribution in [0.25, 0.3) is 33.4 Å². The second-order valence-corrected chi connectivity index (χ2v) is 12.4. The normalized spacial score (nSPS) is 22.6. The summed E-state index contributed by atoms with van der Waals surface area (Å²) in [5.41, 5.74) is 7.79. The number of likely N-dealkylation sites (tertiary alicyclic amines) is 1. The molecule has 0 spiro atoms. The molecule has 3 aliphatic carbocycles. The van der Waals surface area contributed by atoms with Crippen LogP contribution in [0.5, 0.6) is 0 Å². The van der Waals surface area contributed by atoms with Crippen molar-refractivity contribution in [2.75, 3.05) is 13.1 Å². The fourth-order valence-electron chi connectivity index (χ4n) is 7.15. The minimum absolute atomic E-state index is 0.163. The van der Waals surface area contributed by atoms with Crippen molar-refractivity contribution in [1.82, 2.24) is 19.4 Å². The summed E-state index contributed by atoms with van der Waals surface area (Å²) in [5, 5.41) is 1.20. The van der Waals surface area contributed by atoms with Gasteiger partial charge in [-0.1, -0.05) is 38.1 Å². The molecular weight excluding hydrogens is 508 g/mol. The molecule has 212 valence electrons. The molecule has 2 aromatic heterocycles. The van der Waals surface area contributed by atoms with Gasteiger partial charge in [0.1, 0.15) is 5.82 Å². The maximum Gasteiger partial charge on any atom is 0.257 e. The number of benzene rings is 2. The number of H-pyrrole nitrogens is 1. The van der Waals surface area contributed by atoms with Crippen molar-refractivity contribution in [2.45, 2.75) is 71.8 Å². The van der Waals surface area contributed by atoms with Crippen molar-refractivity contribution in [1.29, 1.82) is 0 Å². The van der Waals surface area contributed by atoms with Crippen molar-refractivity contribution < 1.29 is 4.79 Å². The van der Waals surface area contributed by atoms with Gasteiger partial charge in [0.05, 0.1) is 5.69 Å². The summed E-state index contributed by atoms with van der Waals surface area (Å²) in [5.74, 6) is 2.72. The monoisotopic (exact) mass is 548 g/mol. The summed E-state index contributed by atoms with van der Waals surface area (Å²) in [6.45, 7) is 8.33. The van der Waals surface area contributed by atoms with Crippen LogP contribution in [0.4, 0.5) is 0 Å². The van der Waals surface area contributed by atoms with Gasteiger partial charge in [-0.3, -0.25) is 14.2 Å². The summed E-state index contributed by atoms with van der Waals surface area (Å²) in [6, 6.07) is 15.1. The first-order chi connectivity index (χ1) is 20.0. The molecule has 6 nitrogen and oxygen atoms in total. The molecule has 8 rings (SSSR count). The number of carbonyl (C=O) groups excluding carboxylic acids is 1. The lowest BCUT2D eigenvalue weighted by Gasteiger charge is -2.23. The highest BCUT2D eigenvalue weighted by Crippen LogP contribution is 2.53. The fraction of sp³-hybridized carbons (Fsp3) is 0.457. The average Bonchev–Trinajstić information content (AvgIpc) is 3.90. The molecule has 1 saturated heterocycles. The van der Waals surface area contributed by atoms with Crippen LogP contribution in [0.15, 0.2) is 53.5 Å². The number of carbonyl (C=O) groups is 1. The topological polar surface area (TPSA) is 71.0 Å². The lowest BCUT2D eigenvalue weighted by atomic mass is 9.95. The van der Waals surface area contributed by atoms with Gasteiger partial charge in [-0.25, -0.2) is 4.98 Å². The Hall–Kier alpha value is -3.67. The predicted octanol–water partition coefficient (Wildman–Crippen LogP) is 6.70. The van der Waals surface area contributed by atoms with Gasteiger partial charge in [0.15, 0.2) is 0 Å². The molecule has 0 radical (unpaired) electrons. The van der Waals surface area contributed by atoms with E-state index >= 15 is 0 Å². The number of fused-ring (bicyclic) bond motifs is 4. The Kier molecular flexibility index (Phi) is 6.60. The summed E-state index contributed by atoms with van der Waals surface area (Å²) >= 11 is 0. The van der Waals surface area contributed by atoms with E-state index in [0.29, 0.717) is 24.3 Å². The number of aromatic amines is 1. The van der Waals surface area contributed by atoms with Crippen LogP contribution < -0.4 is 5.56 Å². The summed E-state index contributed by atoms with van der Waals surface area (Å²) in [6.07, 6.45) is 8.18. The molecule has 41 heavy (non-hydrogen) atoms. The molecule has 2 unspecified atom stereocenters. The first-order valence-corrected chi connectivity index (χ1v) is 15.6. The van der Waals surface area contributed by atoms with Crippen molar-refractivity contribution in [3.8, 4) is 22.5 Å². The first kappa shape index (κ1) is 26.2. The second kappa shape index (κ2) is 10.3. The minimum atomic E-state index is 0.163. The Morgan fingerprint density at radius 1 is 1.02 bits per heavy atom. The Morgan fingerprint density at radius 2 is 1.83 bits per heavy atom. The van der Waals surface area contributed by atoms with Crippen LogP contribution in [-0.2, 0) is 17.8 Å². The first-order valence-electron chi connectivity index (χ1n) is 15.6. The number of aryl methyl sites for hydroxylation is 2. The van der Waals surface area contributed by atoms with Gasteiger partial charge in [0, 0.05) is 48.4 Å². The summed E-state index contributed by atoms with van der Waals surface area (Å²) in [7, 11) is 0. The third-order valence-corrected chi connectivity index (χ3v) is 9.65. The molecule has 3 heterocycles. The largest absolute Gasteiger partial charge is 0.361 e. The van der Waals surface area contributed by atoms with Gasteiger partial charge in [-0.05, 0) is 103 Å². The van der Waals surface area contributed by atoms with Crippen molar-refractivity contribution in [3.05, 3.63) is 75.8 Å². The van der Waals surface area contributed by atoms with Crippen LogP contribution in [0.3, 0.4) is 0 Å². The minimum Gasteiger partial charge on any atom is -0.361 e. The Labute approximate surface area is 241 Å². The van der Waals surface area contributed by atoms with Gasteiger partial charge in [0.2, 0.25) is 5.91 Å². The van der Waals surface area contributed by atoms with Crippen LogP contribution in [0, 0.1) is 24.7 Å². The van der Waals surface area contributed by atoms with Crippen LogP contribution in [-0.4, -0.2) is 38.4 Å². The molecule has 2 aromatic carbocycles. The number of nitrogens with one attached hydrogen (secondary N) is 1. The Morgan fingerprint density at radius 3 is 2.63 bits per heavy atom. The molecule has 3 fully saturated rings. The zero-order valence-electron chi connectivity index (χ0n) is 24.5. The fourth-order valence-corrected chi connectivity index (χ4v) is 7.15. The van der Waals surface area contributed by atoms with Crippen LogP contribution in [0.2, 0.25) is 0 Å². The zero-order chi connectivity index (χ0) is 28.2. The van der Waals surface area contributed by atoms with Crippen molar-refractivity contribution in [2.24, 2.45) is 17.8 Å².